The number of hydrogen-bond donors (Lipinski definition) is 1. The number of piperazine rings is 1. The maximum Gasteiger partial charge on any atom is 0.416 e. The van der Waals surface area contributed by atoms with Crippen molar-refractivity contribution < 1.29 is 27.5 Å². The van der Waals surface area contributed by atoms with Crippen LogP contribution in [0.5, 0.6) is 0 Å². The van der Waals surface area contributed by atoms with E-state index < -0.39 is 17.8 Å². The molecule has 0 saturated carbocycles. The average molecular weight is 461 g/mol. The molecule has 33 heavy (non-hydrogen) atoms. The summed E-state index contributed by atoms with van der Waals surface area (Å²) < 4.78 is 43.6. The van der Waals surface area contributed by atoms with Gasteiger partial charge < -0.3 is 15.0 Å². The molecule has 2 amide bonds. The highest BCUT2D eigenvalue weighted by atomic mass is 19.4. The van der Waals surface area contributed by atoms with Gasteiger partial charge in [-0.15, -0.1) is 0 Å². The molecule has 176 valence electrons. The van der Waals surface area contributed by atoms with Crippen molar-refractivity contribution >= 4 is 17.5 Å². The van der Waals surface area contributed by atoms with E-state index in [1.54, 1.807) is 29.2 Å². The Morgan fingerprint density at radius 2 is 1.76 bits per heavy atom. The van der Waals surface area contributed by atoms with Crippen LogP contribution in [0.25, 0.3) is 0 Å². The van der Waals surface area contributed by atoms with Gasteiger partial charge in [0, 0.05) is 50.6 Å². The van der Waals surface area contributed by atoms with Gasteiger partial charge in [0.15, 0.2) is 0 Å². The van der Waals surface area contributed by atoms with Crippen molar-refractivity contribution in [2.24, 2.45) is 0 Å². The number of nitrogens with one attached hydrogen (secondary N) is 1. The maximum absolute atomic E-state index is 13.0. The number of benzene rings is 2. The Morgan fingerprint density at radius 3 is 2.39 bits per heavy atom. The van der Waals surface area contributed by atoms with Gasteiger partial charge in [0.1, 0.15) is 6.10 Å². The monoisotopic (exact) mass is 461 g/mol. The molecular formula is C24H26F3N3O3. The fourth-order valence-electron chi connectivity index (χ4n) is 4.09. The Labute approximate surface area is 190 Å². The van der Waals surface area contributed by atoms with Crippen LogP contribution in [0.1, 0.15) is 34.3 Å². The van der Waals surface area contributed by atoms with Crippen molar-refractivity contribution in [3.05, 3.63) is 65.2 Å². The fraction of sp³-hybridized carbons (Fsp3) is 0.417. The third-order valence-corrected chi connectivity index (χ3v) is 5.95. The number of hydrogen-bond acceptors (Lipinski definition) is 4. The number of amides is 2. The molecule has 2 heterocycles. The van der Waals surface area contributed by atoms with Crippen LogP contribution >= 0.6 is 0 Å². The molecule has 0 bridgehead atoms. The fourth-order valence-corrected chi connectivity index (χ4v) is 4.09. The van der Waals surface area contributed by atoms with E-state index in [1.807, 2.05) is 0 Å². The van der Waals surface area contributed by atoms with Gasteiger partial charge in [-0.2, -0.15) is 13.2 Å². The van der Waals surface area contributed by atoms with Crippen LogP contribution < -0.4 is 5.32 Å². The first kappa shape index (κ1) is 23.3. The topological polar surface area (TPSA) is 61.9 Å². The first-order chi connectivity index (χ1) is 15.8. The molecule has 0 spiro atoms. The van der Waals surface area contributed by atoms with E-state index in [0.717, 1.165) is 24.1 Å². The second-order valence-electron chi connectivity index (χ2n) is 8.33. The van der Waals surface area contributed by atoms with E-state index in [9.17, 15) is 22.8 Å². The summed E-state index contributed by atoms with van der Waals surface area (Å²) in [7, 11) is 0. The molecule has 0 radical (unpaired) electrons. The first-order valence-electron chi connectivity index (χ1n) is 11.0. The minimum atomic E-state index is -4.34. The molecule has 0 aliphatic carbocycles. The lowest BCUT2D eigenvalue weighted by atomic mass is 10.1. The quantitative estimate of drug-likeness (QED) is 0.736. The zero-order valence-electron chi connectivity index (χ0n) is 18.1. The Hall–Kier alpha value is -2.91. The summed E-state index contributed by atoms with van der Waals surface area (Å²) in [5.74, 6) is -0.314. The zero-order valence-corrected chi connectivity index (χ0v) is 18.1. The molecule has 1 unspecified atom stereocenters. The number of carbonyl (C=O) groups excluding carboxylic acids is 2. The Bertz CT molecular complexity index is 980. The minimum absolute atomic E-state index is 0.114. The van der Waals surface area contributed by atoms with Crippen LogP contribution in [-0.4, -0.2) is 60.5 Å². The van der Waals surface area contributed by atoms with Crippen molar-refractivity contribution in [2.75, 3.05) is 38.1 Å². The molecule has 2 fully saturated rings. The molecule has 2 aromatic rings. The first-order valence-corrected chi connectivity index (χ1v) is 11.0. The SMILES string of the molecule is O=C(Nc1cccc(C(=O)N2CCN(Cc3ccc(C(F)(F)F)cc3)CC2)c1)C1CCCO1. The molecule has 6 nitrogen and oxygen atoms in total. The van der Waals surface area contributed by atoms with Crippen LogP contribution in [-0.2, 0) is 22.3 Å². The third-order valence-electron chi connectivity index (χ3n) is 5.95. The van der Waals surface area contributed by atoms with Gasteiger partial charge in [-0.1, -0.05) is 18.2 Å². The summed E-state index contributed by atoms with van der Waals surface area (Å²) in [5, 5.41) is 2.82. The number of carbonyl (C=O) groups is 2. The second-order valence-corrected chi connectivity index (χ2v) is 8.33. The van der Waals surface area contributed by atoms with Crippen molar-refractivity contribution in [3.63, 3.8) is 0 Å². The summed E-state index contributed by atoms with van der Waals surface area (Å²) in [5.41, 5.74) is 1.20. The summed E-state index contributed by atoms with van der Waals surface area (Å²) in [4.78, 5) is 29.1. The summed E-state index contributed by atoms with van der Waals surface area (Å²) in [6.45, 7) is 3.41. The summed E-state index contributed by atoms with van der Waals surface area (Å²) in [6.07, 6.45) is -3.22. The van der Waals surface area contributed by atoms with Crippen molar-refractivity contribution in [1.82, 2.24) is 9.80 Å². The molecule has 1 atom stereocenters. The van der Waals surface area contributed by atoms with Crippen LogP contribution in [0.4, 0.5) is 18.9 Å². The summed E-state index contributed by atoms with van der Waals surface area (Å²) >= 11 is 0. The van der Waals surface area contributed by atoms with Crippen LogP contribution in [0.2, 0.25) is 0 Å². The van der Waals surface area contributed by atoms with E-state index in [0.29, 0.717) is 57.0 Å². The molecule has 4 rings (SSSR count). The average Bonchev–Trinajstić information content (AvgIpc) is 3.34. The molecule has 2 aliphatic rings. The predicted molar refractivity (Wildman–Crippen MR) is 117 cm³/mol. The number of nitrogens with zero attached hydrogens (tertiary/aromatic N) is 2. The van der Waals surface area contributed by atoms with Crippen molar-refractivity contribution in [1.29, 1.82) is 0 Å². The van der Waals surface area contributed by atoms with Gasteiger partial charge in [-0.3, -0.25) is 14.5 Å². The number of halogens is 3. The van der Waals surface area contributed by atoms with Crippen molar-refractivity contribution in [3.8, 4) is 0 Å². The molecule has 2 aliphatic heterocycles. The predicted octanol–water partition coefficient (Wildman–Crippen LogP) is 3.78. The Kier molecular flexibility index (Phi) is 6.99. The van der Waals surface area contributed by atoms with Gasteiger partial charge in [-0.05, 0) is 48.7 Å². The van der Waals surface area contributed by atoms with E-state index in [1.165, 1.54) is 12.1 Å². The van der Waals surface area contributed by atoms with E-state index in [-0.39, 0.29) is 11.8 Å². The van der Waals surface area contributed by atoms with E-state index >= 15 is 0 Å². The molecule has 9 heteroatoms. The standard InChI is InChI=1S/C24H26F3N3O3/c25-24(26,27)19-8-6-17(7-9-19)16-29-10-12-30(13-11-29)23(32)18-3-1-4-20(15-18)28-22(31)21-5-2-14-33-21/h1,3-4,6-9,15,21H,2,5,10-14,16H2,(H,28,31). The lowest BCUT2D eigenvalue weighted by Gasteiger charge is -2.35. The maximum atomic E-state index is 13.0. The summed E-state index contributed by atoms with van der Waals surface area (Å²) in [6, 6.07) is 12.1. The number of rotatable bonds is 5. The second kappa shape index (κ2) is 9.93. The highest BCUT2D eigenvalue weighted by Crippen LogP contribution is 2.29. The lowest BCUT2D eigenvalue weighted by molar-refractivity contribution is -0.137. The van der Waals surface area contributed by atoms with Crippen LogP contribution in [0.15, 0.2) is 48.5 Å². The van der Waals surface area contributed by atoms with Crippen LogP contribution in [0, 0.1) is 0 Å². The van der Waals surface area contributed by atoms with Gasteiger partial charge in [0.05, 0.1) is 5.56 Å². The smallest absolute Gasteiger partial charge is 0.368 e. The highest BCUT2D eigenvalue weighted by molar-refractivity contribution is 5.98. The molecule has 0 aromatic heterocycles. The van der Waals surface area contributed by atoms with Crippen LogP contribution in [0.3, 0.4) is 0 Å². The van der Waals surface area contributed by atoms with Crippen molar-refractivity contribution in [2.45, 2.75) is 31.7 Å². The van der Waals surface area contributed by atoms with Gasteiger partial charge in [0.2, 0.25) is 0 Å². The molecule has 1 N–H and O–H groups in total. The number of alkyl halides is 3. The Morgan fingerprint density at radius 1 is 1.03 bits per heavy atom. The molecule has 2 saturated heterocycles. The van der Waals surface area contributed by atoms with Gasteiger partial charge >= 0.3 is 6.18 Å². The van der Waals surface area contributed by atoms with E-state index in [2.05, 4.69) is 10.2 Å². The third kappa shape index (κ3) is 5.91. The zero-order chi connectivity index (χ0) is 23.4. The number of anilines is 1. The Balaban J connectivity index is 1.29. The minimum Gasteiger partial charge on any atom is -0.368 e. The largest absolute Gasteiger partial charge is 0.416 e. The van der Waals surface area contributed by atoms with Gasteiger partial charge in [0.25, 0.3) is 11.8 Å². The number of ether oxygens (including phenoxy) is 1. The lowest BCUT2D eigenvalue weighted by Crippen LogP contribution is -2.48. The van der Waals surface area contributed by atoms with E-state index in [4.69, 9.17) is 4.74 Å². The normalized spacial score (nSPS) is 19.5. The molecular weight excluding hydrogens is 435 g/mol. The van der Waals surface area contributed by atoms with Gasteiger partial charge in [-0.25, -0.2) is 0 Å². The molecule has 2 aromatic carbocycles. The highest BCUT2D eigenvalue weighted by Gasteiger charge is 2.30.